The second kappa shape index (κ2) is 16.2. The molecule has 0 amide bonds. The van der Waals surface area contributed by atoms with Crippen LogP contribution in [-0.4, -0.2) is 35.9 Å². The molecule has 4 nitrogen and oxygen atoms in total. The first-order valence-corrected chi connectivity index (χ1v) is 13.5. The number of hydrogen-bond donors (Lipinski definition) is 1. The molecule has 33 heavy (non-hydrogen) atoms. The zero-order valence-electron chi connectivity index (χ0n) is 20.8. The highest BCUT2D eigenvalue weighted by molar-refractivity contribution is 6.32. The average molecular weight is 478 g/mol. The third-order valence-corrected chi connectivity index (χ3v) is 6.83. The van der Waals surface area contributed by atoms with Gasteiger partial charge < -0.3 is 14.4 Å². The smallest absolute Gasteiger partial charge is 0.166 e. The van der Waals surface area contributed by atoms with Gasteiger partial charge in [-0.2, -0.15) is 0 Å². The summed E-state index contributed by atoms with van der Waals surface area (Å²) in [5.74, 6) is 0.0445. The van der Waals surface area contributed by atoms with Crippen LogP contribution in [0.3, 0.4) is 0 Å². The average Bonchev–Trinajstić information content (AvgIpc) is 3.20. The van der Waals surface area contributed by atoms with E-state index in [2.05, 4.69) is 18.9 Å². The van der Waals surface area contributed by atoms with Crippen LogP contribution in [-0.2, 0) is 0 Å². The summed E-state index contributed by atoms with van der Waals surface area (Å²) in [5.41, 5.74) is 1.08. The van der Waals surface area contributed by atoms with Gasteiger partial charge in [-0.1, -0.05) is 89.2 Å². The standard InChI is InChI=1S/C28H44ClNO3/c1-3-4-5-6-9-12-15-18-30(2)19-16-13-10-7-8-11-14-17-26(31)24-22-33-28-21-25(29)27(32)20-23(24)28/h20-22,32H,3-19H2,1-2H3. The molecule has 1 aromatic heterocycles. The predicted molar refractivity (Wildman–Crippen MR) is 140 cm³/mol. The Morgan fingerprint density at radius 3 is 2.03 bits per heavy atom. The Balaban J connectivity index is 1.45. The maximum atomic E-state index is 12.5. The van der Waals surface area contributed by atoms with E-state index in [0.29, 0.717) is 23.0 Å². The van der Waals surface area contributed by atoms with Crippen LogP contribution in [0.25, 0.3) is 11.0 Å². The molecule has 0 spiro atoms. The van der Waals surface area contributed by atoms with Crippen LogP contribution in [0.2, 0.25) is 5.02 Å². The topological polar surface area (TPSA) is 53.7 Å². The lowest BCUT2D eigenvalue weighted by Crippen LogP contribution is -2.20. The van der Waals surface area contributed by atoms with Crippen LogP contribution in [0.15, 0.2) is 22.8 Å². The Kier molecular flexibility index (Phi) is 13.6. The van der Waals surface area contributed by atoms with Gasteiger partial charge in [-0.15, -0.1) is 0 Å². The third-order valence-electron chi connectivity index (χ3n) is 6.53. The number of furan rings is 1. The van der Waals surface area contributed by atoms with Crippen LogP contribution < -0.4 is 0 Å². The number of phenolic OH excluding ortho intramolecular Hbond substituents is 1. The number of nitrogens with zero attached hydrogens (tertiary/aromatic N) is 1. The molecule has 0 fully saturated rings. The summed E-state index contributed by atoms with van der Waals surface area (Å²) in [6, 6.07) is 3.07. The van der Waals surface area contributed by atoms with Crippen molar-refractivity contribution in [2.45, 2.75) is 103 Å². The van der Waals surface area contributed by atoms with Crippen LogP contribution in [0.5, 0.6) is 5.75 Å². The van der Waals surface area contributed by atoms with E-state index in [1.54, 1.807) is 6.07 Å². The van der Waals surface area contributed by atoms with Gasteiger partial charge in [0.2, 0.25) is 0 Å². The number of benzene rings is 1. The quantitative estimate of drug-likeness (QED) is 0.162. The van der Waals surface area contributed by atoms with Gasteiger partial charge in [-0.3, -0.25) is 4.79 Å². The van der Waals surface area contributed by atoms with E-state index in [-0.39, 0.29) is 16.6 Å². The van der Waals surface area contributed by atoms with Crippen molar-refractivity contribution in [1.29, 1.82) is 0 Å². The molecule has 0 saturated heterocycles. The summed E-state index contributed by atoms with van der Waals surface area (Å²) >= 11 is 5.90. The molecule has 1 N–H and O–H groups in total. The molecule has 0 aliphatic carbocycles. The second-order valence-electron chi connectivity index (χ2n) is 9.52. The minimum Gasteiger partial charge on any atom is -0.506 e. The summed E-state index contributed by atoms with van der Waals surface area (Å²) in [5, 5.41) is 10.7. The van der Waals surface area contributed by atoms with Crippen molar-refractivity contribution in [2.24, 2.45) is 0 Å². The van der Waals surface area contributed by atoms with Gasteiger partial charge in [0, 0.05) is 17.9 Å². The fourth-order valence-corrected chi connectivity index (χ4v) is 4.54. The summed E-state index contributed by atoms with van der Waals surface area (Å²) in [6.45, 7) is 4.72. The van der Waals surface area contributed by atoms with Crippen molar-refractivity contribution < 1.29 is 14.3 Å². The first-order chi connectivity index (χ1) is 16.0. The van der Waals surface area contributed by atoms with Gasteiger partial charge >= 0.3 is 0 Å². The molecule has 0 radical (unpaired) electrons. The molecule has 0 bridgehead atoms. The second-order valence-corrected chi connectivity index (χ2v) is 9.93. The van der Waals surface area contributed by atoms with Gasteiger partial charge in [0.05, 0.1) is 10.6 Å². The van der Waals surface area contributed by atoms with E-state index in [9.17, 15) is 9.90 Å². The van der Waals surface area contributed by atoms with E-state index in [1.165, 1.54) is 102 Å². The molecular formula is C28H44ClNO3. The number of ketones is 1. The van der Waals surface area contributed by atoms with Gasteiger partial charge in [0.15, 0.2) is 5.78 Å². The monoisotopic (exact) mass is 477 g/mol. The van der Waals surface area contributed by atoms with Crippen molar-refractivity contribution in [3.05, 3.63) is 29.0 Å². The number of phenols is 1. The van der Waals surface area contributed by atoms with E-state index >= 15 is 0 Å². The minimum absolute atomic E-state index is 0.0244. The fourth-order valence-electron chi connectivity index (χ4n) is 4.39. The maximum Gasteiger partial charge on any atom is 0.166 e. The van der Waals surface area contributed by atoms with E-state index < -0.39 is 0 Å². The normalized spacial score (nSPS) is 11.6. The van der Waals surface area contributed by atoms with Crippen LogP contribution in [0.1, 0.15) is 114 Å². The van der Waals surface area contributed by atoms with Crippen molar-refractivity contribution in [2.75, 3.05) is 20.1 Å². The number of carbonyl (C=O) groups excluding carboxylic acids is 1. The Hall–Kier alpha value is -1.52. The van der Waals surface area contributed by atoms with Gasteiger partial charge in [-0.05, 0) is 45.5 Å². The highest BCUT2D eigenvalue weighted by Gasteiger charge is 2.15. The molecule has 1 aromatic carbocycles. The molecule has 2 aromatic rings. The molecule has 0 saturated carbocycles. The number of hydrogen-bond acceptors (Lipinski definition) is 4. The Morgan fingerprint density at radius 1 is 0.879 bits per heavy atom. The zero-order chi connectivity index (χ0) is 23.9. The highest BCUT2D eigenvalue weighted by atomic mass is 35.5. The van der Waals surface area contributed by atoms with Gasteiger partial charge in [0.1, 0.15) is 17.6 Å². The third kappa shape index (κ3) is 10.5. The molecule has 1 heterocycles. The first-order valence-electron chi connectivity index (χ1n) is 13.1. The molecule has 5 heteroatoms. The molecule has 0 aliphatic rings. The Labute approximate surface area is 205 Å². The predicted octanol–water partition coefficient (Wildman–Crippen LogP) is 8.78. The lowest BCUT2D eigenvalue weighted by molar-refractivity contribution is 0.0980. The lowest BCUT2D eigenvalue weighted by atomic mass is 10.0. The number of halogens is 1. The van der Waals surface area contributed by atoms with Gasteiger partial charge in [0.25, 0.3) is 0 Å². The Morgan fingerprint density at radius 2 is 1.42 bits per heavy atom. The number of Topliss-reactive ketones (excluding diaryl/α,β-unsaturated/α-hetero) is 1. The van der Waals surface area contributed by atoms with Crippen LogP contribution in [0, 0.1) is 0 Å². The molecule has 2 rings (SSSR count). The summed E-state index contributed by atoms with van der Waals surface area (Å²) < 4.78 is 5.43. The minimum atomic E-state index is -0.0244. The van der Waals surface area contributed by atoms with Gasteiger partial charge in [-0.25, -0.2) is 0 Å². The highest BCUT2D eigenvalue weighted by Crippen LogP contribution is 2.32. The Bertz CT molecular complexity index is 817. The SMILES string of the molecule is CCCCCCCCCN(C)CCCCCCCCCC(=O)c1coc2cc(Cl)c(O)cc12. The molecule has 186 valence electrons. The summed E-state index contributed by atoms with van der Waals surface area (Å²) in [7, 11) is 2.26. The number of rotatable bonds is 19. The maximum absolute atomic E-state index is 12.5. The van der Waals surface area contributed by atoms with E-state index in [0.717, 1.165) is 12.8 Å². The molecule has 0 atom stereocenters. The number of unbranched alkanes of at least 4 members (excludes halogenated alkanes) is 12. The van der Waals surface area contributed by atoms with E-state index in [4.69, 9.17) is 16.0 Å². The van der Waals surface area contributed by atoms with E-state index in [1.807, 2.05) is 0 Å². The molecule has 0 unspecified atom stereocenters. The fraction of sp³-hybridized carbons (Fsp3) is 0.679. The largest absolute Gasteiger partial charge is 0.506 e. The number of carbonyl (C=O) groups is 1. The van der Waals surface area contributed by atoms with Crippen molar-refractivity contribution in [1.82, 2.24) is 4.90 Å². The molecular weight excluding hydrogens is 434 g/mol. The van der Waals surface area contributed by atoms with Crippen LogP contribution >= 0.6 is 11.6 Å². The number of fused-ring (bicyclic) bond motifs is 1. The first kappa shape index (κ1) is 27.7. The van der Waals surface area contributed by atoms with Crippen molar-refractivity contribution in [3.63, 3.8) is 0 Å². The van der Waals surface area contributed by atoms with Crippen molar-refractivity contribution >= 4 is 28.4 Å². The number of aromatic hydroxyl groups is 1. The summed E-state index contributed by atoms with van der Waals surface area (Å²) in [4.78, 5) is 15.0. The lowest BCUT2D eigenvalue weighted by Gasteiger charge is -2.16. The molecule has 0 aliphatic heterocycles. The summed E-state index contributed by atoms with van der Waals surface area (Å²) in [6.07, 6.45) is 19.9. The zero-order valence-corrected chi connectivity index (χ0v) is 21.6. The van der Waals surface area contributed by atoms with Crippen molar-refractivity contribution in [3.8, 4) is 5.75 Å². The van der Waals surface area contributed by atoms with Crippen LogP contribution in [0.4, 0.5) is 0 Å².